The van der Waals surface area contributed by atoms with Gasteiger partial charge in [0.05, 0.1) is 10.7 Å². The third-order valence-electron chi connectivity index (χ3n) is 2.52. The monoisotopic (exact) mass is 323 g/mol. The Kier molecular flexibility index (Phi) is 4.77. The second kappa shape index (κ2) is 6.56. The lowest BCUT2D eigenvalue weighted by Gasteiger charge is -2.08. The van der Waals surface area contributed by atoms with Crippen molar-refractivity contribution in [3.8, 4) is 0 Å². The van der Waals surface area contributed by atoms with Gasteiger partial charge in [0, 0.05) is 10.7 Å². The number of halogens is 2. The number of benzene rings is 1. The number of nitrogens with zero attached hydrogens (tertiary/aromatic N) is 1. The zero-order chi connectivity index (χ0) is 15.4. The van der Waals surface area contributed by atoms with Crippen LogP contribution >= 0.6 is 23.2 Å². The second-order valence-corrected chi connectivity index (χ2v) is 5.04. The van der Waals surface area contributed by atoms with Gasteiger partial charge in [-0.2, -0.15) is 0 Å². The maximum absolute atomic E-state index is 11.8. The maximum Gasteiger partial charge on any atom is 0.315 e. The van der Waals surface area contributed by atoms with Crippen LogP contribution in [-0.2, 0) is 9.59 Å². The van der Waals surface area contributed by atoms with Crippen molar-refractivity contribution in [3.05, 3.63) is 52.1 Å². The van der Waals surface area contributed by atoms with Gasteiger partial charge in [0.25, 0.3) is 0 Å². The van der Waals surface area contributed by atoms with E-state index in [1.807, 2.05) is 0 Å². The van der Waals surface area contributed by atoms with Gasteiger partial charge in [-0.05, 0) is 37.3 Å². The predicted molar refractivity (Wildman–Crippen MR) is 82.7 cm³/mol. The molecule has 0 radical (unpaired) electrons. The Balaban J connectivity index is 2.04. The lowest BCUT2D eigenvalue weighted by molar-refractivity contribution is -0.133. The first-order valence-corrected chi connectivity index (χ1v) is 6.72. The Morgan fingerprint density at radius 3 is 2.43 bits per heavy atom. The van der Waals surface area contributed by atoms with E-state index in [0.717, 1.165) is 5.69 Å². The van der Waals surface area contributed by atoms with Crippen molar-refractivity contribution in [1.82, 2.24) is 4.98 Å². The van der Waals surface area contributed by atoms with Crippen LogP contribution in [0.15, 0.2) is 36.4 Å². The third-order valence-corrected chi connectivity index (χ3v) is 3.06. The summed E-state index contributed by atoms with van der Waals surface area (Å²) >= 11 is 11.7. The van der Waals surface area contributed by atoms with Crippen LogP contribution in [0.25, 0.3) is 0 Å². The van der Waals surface area contributed by atoms with Crippen molar-refractivity contribution in [1.29, 1.82) is 0 Å². The van der Waals surface area contributed by atoms with Gasteiger partial charge >= 0.3 is 11.8 Å². The number of anilines is 2. The highest BCUT2D eigenvalue weighted by Gasteiger charge is 2.16. The molecule has 5 nitrogen and oxygen atoms in total. The van der Waals surface area contributed by atoms with Gasteiger partial charge in [-0.15, -0.1) is 0 Å². The van der Waals surface area contributed by atoms with Crippen LogP contribution in [0.5, 0.6) is 0 Å². The fraction of sp³-hybridized carbons (Fsp3) is 0.0714. The van der Waals surface area contributed by atoms with Crippen LogP contribution < -0.4 is 10.6 Å². The van der Waals surface area contributed by atoms with Crippen molar-refractivity contribution in [2.24, 2.45) is 0 Å². The lowest BCUT2D eigenvalue weighted by atomic mass is 10.3. The van der Waals surface area contributed by atoms with Gasteiger partial charge in [0.1, 0.15) is 5.82 Å². The van der Waals surface area contributed by atoms with Crippen molar-refractivity contribution >= 4 is 46.5 Å². The van der Waals surface area contributed by atoms with Gasteiger partial charge in [0.2, 0.25) is 0 Å². The molecule has 0 saturated heterocycles. The smallest absolute Gasteiger partial charge is 0.315 e. The maximum atomic E-state index is 11.8. The van der Waals surface area contributed by atoms with Crippen LogP contribution in [0.1, 0.15) is 5.69 Å². The number of pyridine rings is 1. The molecule has 0 fully saturated rings. The van der Waals surface area contributed by atoms with E-state index >= 15 is 0 Å². The number of amides is 2. The molecule has 0 bridgehead atoms. The van der Waals surface area contributed by atoms with E-state index in [1.54, 1.807) is 31.2 Å². The molecule has 1 heterocycles. The molecule has 0 aliphatic carbocycles. The minimum Gasteiger partial charge on any atom is -0.316 e. The molecular formula is C14H11Cl2N3O2. The molecule has 2 aromatic rings. The molecule has 0 unspecified atom stereocenters. The first-order valence-electron chi connectivity index (χ1n) is 5.97. The number of rotatable bonds is 2. The van der Waals surface area contributed by atoms with Crippen molar-refractivity contribution in [2.45, 2.75) is 6.92 Å². The zero-order valence-corrected chi connectivity index (χ0v) is 12.5. The van der Waals surface area contributed by atoms with Crippen molar-refractivity contribution < 1.29 is 9.59 Å². The standard InChI is InChI=1S/C14H11Cl2N3O2/c1-8-3-2-4-12(17-8)19-14(21)13(20)18-11-6-5-9(15)7-10(11)16/h2-7H,1H3,(H,18,20)(H,17,19,21). The molecule has 1 aromatic carbocycles. The van der Waals surface area contributed by atoms with E-state index in [-0.39, 0.29) is 5.02 Å². The molecule has 21 heavy (non-hydrogen) atoms. The predicted octanol–water partition coefficient (Wildman–Crippen LogP) is 3.27. The molecule has 2 amide bonds. The lowest BCUT2D eigenvalue weighted by Crippen LogP contribution is -2.29. The van der Waals surface area contributed by atoms with Crippen LogP contribution in [0.4, 0.5) is 11.5 Å². The molecule has 0 aliphatic rings. The molecule has 2 rings (SSSR count). The molecule has 108 valence electrons. The summed E-state index contributed by atoms with van der Waals surface area (Å²) in [5.74, 6) is -1.38. The highest BCUT2D eigenvalue weighted by molar-refractivity contribution is 6.45. The molecule has 0 aliphatic heterocycles. The Hall–Kier alpha value is -2.11. The average Bonchev–Trinajstić information content (AvgIpc) is 2.41. The first-order chi connectivity index (χ1) is 9.95. The highest BCUT2D eigenvalue weighted by atomic mass is 35.5. The van der Waals surface area contributed by atoms with E-state index < -0.39 is 11.8 Å². The summed E-state index contributed by atoms with van der Waals surface area (Å²) in [6.07, 6.45) is 0. The zero-order valence-electron chi connectivity index (χ0n) is 11.0. The summed E-state index contributed by atoms with van der Waals surface area (Å²) in [4.78, 5) is 27.6. The van der Waals surface area contributed by atoms with E-state index in [0.29, 0.717) is 16.5 Å². The molecule has 0 spiro atoms. The van der Waals surface area contributed by atoms with Gasteiger partial charge in [0.15, 0.2) is 0 Å². The molecule has 1 aromatic heterocycles. The summed E-state index contributed by atoms with van der Waals surface area (Å²) in [5, 5.41) is 5.49. The summed E-state index contributed by atoms with van der Waals surface area (Å²) in [5.41, 5.74) is 1.03. The molecule has 0 atom stereocenters. The largest absolute Gasteiger partial charge is 0.316 e. The summed E-state index contributed by atoms with van der Waals surface area (Å²) in [6.45, 7) is 1.78. The summed E-state index contributed by atoms with van der Waals surface area (Å²) < 4.78 is 0. The minimum atomic E-state index is -0.845. The molecule has 0 saturated carbocycles. The number of aromatic nitrogens is 1. The number of hydrogen-bond acceptors (Lipinski definition) is 3. The molecular weight excluding hydrogens is 313 g/mol. The van der Waals surface area contributed by atoms with Crippen LogP contribution in [0.3, 0.4) is 0 Å². The minimum absolute atomic E-state index is 0.248. The fourth-order valence-electron chi connectivity index (χ4n) is 1.56. The fourth-order valence-corrected chi connectivity index (χ4v) is 2.01. The number of carbonyl (C=O) groups is 2. The summed E-state index contributed by atoms with van der Waals surface area (Å²) in [7, 11) is 0. The van der Waals surface area contributed by atoms with E-state index in [2.05, 4.69) is 15.6 Å². The van der Waals surface area contributed by atoms with Gasteiger partial charge < -0.3 is 10.6 Å². The molecule has 7 heteroatoms. The number of nitrogens with one attached hydrogen (secondary N) is 2. The Labute approximate surface area is 131 Å². The first kappa shape index (κ1) is 15.3. The SMILES string of the molecule is Cc1cccc(NC(=O)C(=O)Nc2ccc(Cl)cc2Cl)n1. The van der Waals surface area contributed by atoms with Crippen molar-refractivity contribution in [3.63, 3.8) is 0 Å². The van der Waals surface area contributed by atoms with Crippen LogP contribution in [-0.4, -0.2) is 16.8 Å². The molecule has 2 N–H and O–H groups in total. The Morgan fingerprint density at radius 2 is 1.76 bits per heavy atom. The normalized spacial score (nSPS) is 10.0. The quantitative estimate of drug-likeness (QED) is 0.833. The average molecular weight is 324 g/mol. The third kappa shape index (κ3) is 4.18. The number of carbonyl (C=O) groups excluding carboxylic acids is 2. The van der Waals surface area contributed by atoms with E-state index in [9.17, 15) is 9.59 Å². The van der Waals surface area contributed by atoms with Gasteiger partial charge in [-0.25, -0.2) is 4.98 Å². The number of aryl methyl sites for hydroxylation is 1. The van der Waals surface area contributed by atoms with Gasteiger partial charge in [-0.3, -0.25) is 9.59 Å². The van der Waals surface area contributed by atoms with E-state index in [4.69, 9.17) is 23.2 Å². The second-order valence-electron chi connectivity index (χ2n) is 4.20. The Morgan fingerprint density at radius 1 is 1.05 bits per heavy atom. The number of hydrogen-bond donors (Lipinski definition) is 2. The highest BCUT2D eigenvalue weighted by Crippen LogP contribution is 2.25. The van der Waals surface area contributed by atoms with Crippen molar-refractivity contribution in [2.75, 3.05) is 10.6 Å². The van der Waals surface area contributed by atoms with Crippen LogP contribution in [0.2, 0.25) is 10.0 Å². The topological polar surface area (TPSA) is 71.1 Å². The summed E-state index contributed by atoms with van der Waals surface area (Å²) in [6, 6.07) is 9.64. The van der Waals surface area contributed by atoms with E-state index in [1.165, 1.54) is 12.1 Å². The van der Waals surface area contributed by atoms with Crippen LogP contribution in [0, 0.1) is 6.92 Å². The van der Waals surface area contributed by atoms with Gasteiger partial charge in [-0.1, -0.05) is 29.3 Å². The Bertz CT molecular complexity index is 704.